The maximum Gasteiger partial charge on any atom is 0.0900 e. The maximum absolute atomic E-state index is 5.09. The molecule has 0 aromatic heterocycles. The van der Waals surface area contributed by atoms with Crippen LogP contribution < -0.4 is 0 Å². The van der Waals surface area contributed by atoms with E-state index in [0.717, 1.165) is 12.5 Å². The molecule has 1 heterocycles. The van der Waals surface area contributed by atoms with E-state index in [0.29, 0.717) is 6.10 Å². The predicted molar refractivity (Wildman–Crippen MR) is 46.5 cm³/mol. The van der Waals surface area contributed by atoms with Crippen LogP contribution in [0, 0.1) is 5.92 Å². The highest BCUT2D eigenvalue weighted by atomic mass is 32.2. The fourth-order valence-electron chi connectivity index (χ4n) is 0.698. The number of hydrogen-bond donors (Lipinski definition) is 0. The summed E-state index contributed by atoms with van der Waals surface area (Å²) in [6.45, 7) is 5.55. The van der Waals surface area contributed by atoms with Crippen molar-refractivity contribution in [2.24, 2.45) is 5.92 Å². The molecule has 1 saturated heterocycles. The third-order valence-corrected chi connectivity index (χ3v) is 2.68. The first-order valence-electron chi connectivity index (χ1n) is 3.98. The Morgan fingerprint density at radius 1 is 1.60 bits per heavy atom. The van der Waals surface area contributed by atoms with Gasteiger partial charge in [-0.3, -0.25) is 0 Å². The van der Waals surface area contributed by atoms with Crippen LogP contribution in [0.5, 0.6) is 0 Å². The minimum Gasteiger partial charge on any atom is -0.372 e. The van der Waals surface area contributed by atoms with Gasteiger partial charge in [-0.05, 0) is 18.1 Å². The molecule has 1 nitrogen and oxygen atoms in total. The van der Waals surface area contributed by atoms with Gasteiger partial charge in [-0.15, -0.1) is 0 Å². The van der Waals surface area contributed by atoms with Crippen LogP contribution in [-0.2, 0) is 4.74 Å². The van der Waals surface area contributed by atoms with E-state index in [1.165, 1.54) is 17.9 Å². The van der Waals surface area contributed by atoms with Crippen molar-refractivity contribution in [3.8, 4) is 0 Å². The molecule has 0 aliphatic carbocycles. The first-order chi connectivity index (χ1) is 4.79. The number of thioether (sulfide) groups is 1. The van der Waals surface area contributed by atoms with Gasteiger partial charge in [0.2, 0.25) is 0 Å². The number of ether oxygens (including phenoxy) is 1. The molecule has 1 atom stereocenters. The highest BCUT2D eigenvalue weighted by Gasteiger charge is 2.21. The van der Waals surface area contributed by atoms with Gasteiger partial charge in [0, 0.05) is 5.75 Å². The minimum atomic E-state index is 0.608. The van der Waals surface area contributed by atoms with Gasteiger partial charge in [-0.25, -0.2) is 0 Å². The molecule has 0 aromatic rings. The Kier molecular flexibility index (Phi) is 3.57. The second kappa shape index (κ2) is 4.24. The van der Waals surface area contributed by atoms with Crippen LogP contribution in [0.3, 0.4) is 0 Å². The zero-order valence-electron chi connectivity index (χ0n) is 6.80. The van der Waals surface area contributed by atoms with E-state index < -0.39 is 0 Å². The Hall–Kier alpha value is 0.310. The monoisotopic (exact) mass is 160 g/mol. The topological polar surface area (TPSA) is 12.5 Å². The largest absolute Gasteiger partial charge is 0.372 e. The Morgan fingerprint density at radius 3 is 2.80 bits per heavy atom. The van der Waals surface area contributed by atoms with Crippen LogP contribution in [-0.4, -0.2) is 24.2 Å². The van der Waals surface area contributed by atoms with E-state index >= 15 is 0 Å². The zero-order valence-corrected chi connectivity index (χ0v) is 7.62. The number of epoxide rings is 1. The van der Waals surface area contributed by atoms with E-state index in [4.69, 9.17) is 4.74 Å². The van der Waals surface area contributed by atoms with Crippen molar-refractivity contribution in [1.82, 2.24) is 0 Å². The first kappa shape index (κ1) is 8.41. The molecule has 0 spiro atoms. The summed E-state index contributed by atoms with van der Waals surface area (Å²) < 4.78 is 5.09. The molecule has 1 unspecified atom stereocenters. The summed E-state index contributed by atoms with van der Waals surface area (Å²) in [7, 11) is 0. The highest BCUT2D eigenvalue weighted by Crippen LogP contribution is 2.17. The maximum atomic E-state index is 5.09. The van der Waals surface area contributed by atoms with E-state index in [9.17, 15) is 0 Å². The smallest absolute Gasteiger partial charge is 0.0900 e. The summed E-state index contributed by atoms with van der Waals surface area (Å²) in [5, 5.41) is 0. The van der Waals surface area contributed by atoms with Crippen LogP contribution in [0.15, 0.2) is 0 Å². The molecule has 1 aliphatic rings. The molecule has 1 aliphatic heterocycles. The minimum absolute atomic E-state index is 0.608. The summed E-state index contributed by atoms with van der Waals surface area (Å²) in [5.74, 6) is 3.37. The van der Waals surface area contributed by atoms with Crippen molar-refractivity contribution in [3.63, 3.8) is 0 Å². The van der Waals surface area contributed by atoms with Gasteiger partial charge in [0.15, 0.2) is 0 Å². The molecule has 2 heteroatoms. The lowest BCUT2D eigenvalue weighted by Crippen LogP contribution is -1.94. The van der Waals surface area contributed by atoms with Gasteiger partial charge in [-0.1, -0.05) is 13.8 Å². The summed E-state index contributed by atoms with van der Waals surface area (Å²) in [6.07, 6.45) is 1.95. The molecule has 0 amide bonds. The molecule has 0 bridgehead atoms. The molecule has 1 fully saturated rings. The van der Waals surface area contributed by atoms with Crippen molar-refractivity contribution >= 4 is 11.8 Å². The molecule has 0 N–H and O–H groups in total. The van der Waals surface area contributed by atoms with E-state index in [2.05, 4.69) is 13.8 Å². The molecule has 10 heavy (non-hydrogen) atoms. The van der Waals surface area contributed by atoms with E-state index in [1.807, 2.05) is 11.8 Å². The second-order valence-electron chi connectivity index (χ2n) is 3.21. The van der Waals surface area contributed by atoms with Crippen molar-refractivity contribution < 1.29 is 4.74 Å². The van der Waals surface area contributed by atoms with Crippen molar-refractivity contribution in [3.05, 3.63) is 0 Å². The van der Waals surface area contributed by atoms with Gasteiger partial charge >= 0.3 is 0 Å². The van der Waals surface area contributed by atoms with Crippen molar-refractivity contribution in [2.45, 2.75) is 26.4 Å². The predicted octanol–water partition coefficient (Wildman–Crippen LogP) is 2.16. The Morgan fingerprint density at radius 2 is 2.30 bits per heavy atom. The average Bonchev–Trinajstić information content (AvgIpc) is 2.62. The lowest BCUT2D eigenvalue weighted by Gasteiger charge is -2.01. The van der Waals surface area contributed by atoms with Gasteiger partial charge in [0.1, 0.15) is 0 Å². The first-order valence-corrected chi connectivity index (χ1v) is 5.14. The molecule has 60 valence electrons. The van der Waals surface area contributed by atoms with Crippen LogP contribution >= 0.6 is 11.8 Å². The van der Waals surface area contributed by atoms with Crippen molar-refractivity contribution in [1.29, 1.82) is 0 Å². The van der Waals surface area contributed by atoms with Gasteiger partial charge in [0.25, 0.3) is 0 Å². The van der Waals surface area contributed by atoms with Gasteiger partial charge in [0.05, 0.1) is 12.7 Å². The van der Waals surface area contributed by atoms with Gasteiger partial charge < -0.3 is 4.74 Å². The van der Waals surface area contributed by atoms with E-state index in [1.54, 1.807) is 0 Å². The summed E-state index contributed by atoms with van der Waals surface area (Å²) in [6, 6.07) is 0. The molecule has 0 aromatic carbocycles. The summed E-state index contributed by atoms with van der Waals surface area (Å²) >= 11 is 2.03. The molecular weight excluding hydrogens is 144 g/mol. The third kappa shape index (κ3) is 4.18. The molecule has 0 radical (unpaired) electrons. The van der Waals surface area contributed by atoms with Crippen molar-refractivity contribution in [2.75, 3.05) is 18.1 Å². The molecule has 1 rings (SSSR count). The number of rotatable bonds is 5. The van der Waals surface area contributed by atoms with Crippen LogP contribution in [0.4, 0.5) is 0 Å². The summed E-state index contributed by atoms with van der Waals surface area (Å²) in [5.41, 5.74) is 0. The van der Waals surface area contributed by atoms with E-state index in [-0.39, 0.29) is 0 Å². The Labute approximate surface area is 67.5 Å². The molecular formula is C8H16OS. The quantitative estimate of drug-likeness (QED) is 0.451. The fraction of sp³-hybridized carbons (Fsp3) is 1.00. The van der Waals surface area contributed by atoms with Crippen LogP contribution in [0.1, 0.15) is 20.3 Å². The highest BCUT2D eigenvalue weighted by molar-refractivity contribution is 7.99. The van der Waals surface area contributed by atoms with Crippen LogP contribution in [0.2, 0.25) is 0 Å². The average molecular weight is 160 g/mol. The third-order valence-electron chi connectivity index (χ3n) is 1.55. The normalized spacial score (nSPS) is 23.7. The SMILES string of the molecule is CC(C)CCSCC1CO1. The zero-order chi connectivity index (χ0) is 7.40. The summed E-state index contributed by atoms with van der Waals surface area (Å²) in [4.78, 5) is 0. The molecule has 0 saturated carbocycles. The van der Waals surface area contributed by atoms with Gasteiger partial charge in [-0.2, -0.15) is 11.8 Å². The number of hydrogen-bond acceptors (Lipinski definition) is 2. The fourth-order valence-corrected chi connectivity index (χ4v) is 1.96. The lowest BCUT2D eigenvalue weighted by molar-refractivity contribution is 0.426. The standard InChI is InChI=1S/C8H16OS/c1-7(2)3-4-10-6-8-5-9-8/h7-8H,3-6H2,1-2H3. The van der Waals surface area contributed by atoms with Crippen LogP contribution in [0.25, 0.3) is 0 Å². The second-order valence-corrected chi connectivity index (χ2v) is 4.36. The Bertz CT molecular complexity index is 85.3. The lowest BCUT2D eigenvalue weighted by atomic mass is 10.2. The Balaban J connectivity index is 1.76.